The molecule has 3 aromatic carbocycles. The molecule has 3 aromatic rings. The molecule has 0 atom stereocenters. The summed E-state index contributed by atoms with van der Waals surface area (Å²) >= 11 is 1.66. The van der Waals surface area contributed by atoms with Gasteiger partial charge in [-0.15, -0.1) is 0 Å². The van der Waals surface area contributed by atoms with E-state index in [2.05, 4.69) is 29.4 Å². The average molecular weight is 419 g/mol. The summed E-state index contributed by atoms with van der Waals surface area (Å²) in [6, 6.07) is 28.3. The summed E-state index contributed by atoms with van der Waals surface area (Å²) in [5.74, 6) is 3.78. The van der Waals surface area contributed by atoms with Gasteiger partial charge in [0.2, 0.25) is 7.29 Å². The molecule has 146 valence electrons. The van der Waals surface area contributed by atoms with Crippen molar-refractivity contribution in [3.63, 3.8) is 0 Å². The molecule has 0 fully saturated rings. The van der Waals surface area contributed by atoms with E-state index < -0.39 is 7.29 Å². The van der Waals surface area contributed by atoms with Crippen LogP contribution in [0.15, 0.2) is 96.6 Å². The summed E-state index contributed by atoms with van der Waals surface area (Å²) in [6.07, 6.45) is 0. The Hall–Kier alpha value is -2.68. The van der Waals surface area contributed by atoms with Crippen LogP contribution in [-0.4, -0.2) is 14.1 Å². The fraction of sp³-hybridized carbons (Fsp3) is 0.0833. The van der Waals surface area contributed by atoms with Gasteiger partial charge < -0.3 is 9.99 Å². The molecule has 4 rings (SSSR count). The quantitative estimate of drug-likeness (QED) is 0.445. The Morgan fingerprint density at radius 1 is 0.759 bits per heavy atom. The number of hydrogen-bond acceptors (Lipinski definition) is 3. The van der Waals surface area contributed by atoms with E-state index in [1.165, 1.54) is 0 Å². The summed E-state index contributed by atoms with van der Waals surface area (Å²) in [6.45, 7) is 0. The Bertz CT molecular complexity index is 1050. The molecule has 0 bridgehead atoms. The van der Waals surface area contributed by atoms with E-state index in [9.17, 15) is 4.57 Å². The highest BCUT2D eigenvalue weighted by Crippen LogP contribution is 2.60. The highest BCUT2D eigenvalue weighted by molar-refractivity contribution is 8.17. The normalized spacial score (nSPS) is 15.2. The minimum Gasteiger partial charge on any atom is -0.378 e. The topological polar surface area (TPSA) is 32.3 Å². The molecule has 3 nitrogen and oxygen atoms in total. The predicted octanol–water partition coefficient (Wildman–Crippen LogP) is 7.19. The molecule has 0 unspecified atom stereocenters. The number of nitrogens with one attached hydrogen (secondary N) is 1. The molecule has 29 heavy (non-hydrogen) atoms. The zero-order valence-electron chi connectivity index (χ0n) is 16.4. The first-order valence-electron chi connectivity index (χ1n) is 9.42. The molecule has 0 spiro atoms. The van der Waals surface area contributed by atoms with Crippen molar-refractivity contribution >= 4 is 40.2 Å². The Labute approximate surface area is 176 Å². The van der Waals surface area contributed by atoms with Crippen molar-refractivity contribution in [3.05, 3.63) is 108 Å². The largest absolute Gasteiger partial charge is 0.378 e. The number of hydrogen-bond donors (Lipinski definition) is 1. The molecular formula is C24H23N2OPS. The van der Waals surface area contributed by atoms with Gasteiger partial charge in [0.15, 0.2) is 0 Å². The molecule has 0 radical (unpaired) electrons. The second kappa shape index (κ2) is 8.36. The number of anilines is 2. The van der Waals surface area contributed by atoms with Crippen LogP contribution in [-0.2, 0) is 4.57 Å². The Morgan fingerprint density at radius 3 is 1.83 bits per heavy atom. The van der Waals surface area contributed by atoms with Crippen LogP contribution in [0.4, 0.5) is 11.4 Å². The maximum Gasteiger partial charge on any atom is 0.215 e. The lowest BCUT2D eigenvalue weighted by Crippen LogP contribution is -2.08. The van der Waals surface area contributed by atoms with Crippen molar-refractivity contribution in [1.29, 1.82) is 0 Å². The van der Waals surface area contributed by atoms with Crippen molar-refractivity contribution in [3.8, 4) is 0 Å². The van der Waals surface area contributed by atoms with E-state index in [0.29, 0.717) is 0 Å². The summed E-state index contributed by atoms with van der Waals surface area (Å²) < 4.78 is 14.0. The third kappa shape index (κ3) is 4.67. The van der Waals surface area contributed by atoms with Crippen LogP contribution in [0.3, 0.4) is 0 Å². The highest BCUT2D eigenvalue weighted by Gasteiger charge is 2.26. The first kappa shape index (κ1) is 19.6. The Kier molecular flexibility index (Phi) is 5.66. The van der Waals surface area contributed by atoms with Crippen molar-refractivity contribution < 1.29 is 4.57 Å². The third-order valence-electron chi connectivity index (χ3n) is 4.62. The van der Waals surface area contributed by atoms with Gasteiger partial charge >= 0.3 is 0 Å². The molecule has 5 heteroatoms. The molecule has 0 aliphatic carbocycles. The van der Waals surface area contributed by atoms with E-state index in [1.54, 1.807) is 11.8 Å². The average Bonchev–Trinajstić information content (AvgIpc) is 2.74. The maximum atomic E-state index is 14.0. The van der Waals surface area contributed by atoms with E-state index >= 15 is 0 Å². The Balaban J connectivity index is 1.76. The van der Waals surface area contributed by atoms with E-state index in [4.69, 9.17) is 0 Å². The van der Waals surface area contributed by atoms with Gasteiger partial charge in [0, 0.05) is 46.9 Å². The first-order valence-corrected chi connectivity index (χ1v) is 12.1. The molecular weight excluding hydrogens is 395 g/mol. The van der Waals surface area contributed by atoms with Crippen molar-refractivity contribution in [2.45, 2.75) is 0 Å². The molecule has 0 aromatic heterocycles. The van der Waals surface area contributed by atoms with Gasteiger partial charge in [0.25, 0.3) is 0 Å². The number of rotatable bonds is 5. The summed E-state index contributed by atoms with van der Waals surface area (Å²) in [5, 5.41) is 3.31. The number of nitrogens with zero attached hydrogens (tertiary/aromatic N) is 1. The smallest absolute Gasteiger partial charge is 0.215 e. The lowest BCUT2D eigenvalue weighted by atomic mass is 10.2. The van der Waals surface area contributed by atoms with Gasteiger partial charge in [-0.1, -0.05) is 78.5 Å². The monoisotopic (exact) mass is 418 g/mol. The lowest BCUT2D eigenvalue weighted by Gasteiger charge is -2.23. The number of thioether (sulfide) groups is 1. The van der Waals surface area contributed by atoms with Gasteiger partial charge in [0.1, 0.15) is 0 Å². The standard InChI is InChI=1S/C24H23N2OPS/c1-26(2)22-15-9-14-21(16-22)25-28(27)17-23(19-10-5-3-6-11-19)29-24(18-28)20-12-7-4-8-13-20/h3-18H,1-2H3,(H,25,27). The fourth-order valence-electron chi connectivity index (χ4n) is 3.15. The molecule has 1 N–H and O–H groups in total. The van der Waals surface area contributed by atoms with Gasteiger partial charge in [-0.2, -0.15) is 0 Å². The predicted molar refractivity (Wildman–Crippen MR) is 128 cm³/mol. The fourth-order valence-corrected chi connectivity index (χ4v) is 7.00. The van der Waals surface area contributed by atoms with Crippen molar-refractivity contribution in [1.82, 2.24) is 0 Å². The van der Waals surface area contributed by atoms with Crippen LogP contribution < -0.4 is 9.99 Å². The lowest BCUT2D eigenvalue weighted by molar-refractivity contribution is 0.589. The minimum absolute atomic E-state index is 0.846. The molecule has 1 aliphatic heterocycles. The minimum atomic E-state index is -2.94. The summed E-state index contributed by atoms with van der Waals surface area (Å²) in [5.41, 5.74) is 4.05. The second-order valence-electron chi connectivity index (χ2n) is 7.09. The molecule has 1 aliphatic rings. The molecule has 0 saturated carbocycles. The SMILES string of the molecule is CN(C)c1cccc(NP2(=O)C=C(c3ccccc3)SC(c3ccccc3)=C2)c1. The summed E-state index contributed by atoms with van der Waals surface area (Å²) in [4.78, 5) is 4.05. The van der Waals surface area contributed by atoms with Gasteiger partial charge in [-0.25, -0.2) is 0 Å². The van der Waals surface area contributed by atoms with Crippen LogP contribution in [0.25, 0.3) is 9.81 Å². The third-order valence-corrected chi connectivity index (χ3v) is 8.01. The Morgan fingerprint density at radius 2 is 1.31 bits per heavy atom. The van der Waals surface area contributed by atoms with Crippen LogP contribution in [0.5, 0.6) is 0 Å². The van der Waals surface area contributed by atoms with Gasteiger partial charge in [-0.3, -0.25) is 4.57 Å². The molecule has 1 heterocycles. The van der Waals surface area contributed by atoms with Gasteiger partial charge in [0.05, 0.1) is 0 Å². The molecule has 0 amide bonds. The van der Waals surface area contributed by atoms with Gasteiger partial charge in [-0.05, 0) is 29.3 Å². The van der Waals surface area contributed by atoms with E-state index in [-0.39, 0.29) is 0 Å². The second-order valence-corrected chi connectivity index (χ2v) is 10.3. The van der Waals surface area contributed by atoms with Crippen LogP contribution >= 0.6 is 19.1 Å². The maximum absolute atomic E-state index is 14.0. The van der Waals surface area contributed by atoms with E-state index in [1.807, 2.05) is 91.3 Å². The van der Waals surface area contributed by atoms with Crippen LogP contribution in [0.2, 0.25) is 0 Å². The van der Waals surface area contributed by atoms with Crippen molar-refractivity contribution in [2.75, 3.05) is 24.1 Å². The highest BCUT2D eigenvalue weighted by atomic mass is 32.2. The zero-order valence-corrected chi connectivity index (χ0v) is 18.2. The first-order chi connectivity index (χ1) is 14.0. The van der Waals surface area contributed by atoms with Crippen molar-refractivity contribution in [2.24, 2.45) is 0 Å². The van der Waals surface area contributed by atoms with Crippen LogP contribution in [0.1, 0.15) is 11.1 Å². The van der Waals surface area contributed by atoms with Crippen LogP contribution in [0, 0.1) is 0 Å². The summed E-state index contributed by atoms with van der Waals surface area (Å²) in [7, 11) is 1.06. The molecule has 0 saturated heterocycles. The van der Waals surface area contributed by atoms with E-state index in [0.717, 1.165) is 32.3 Å². The zero-order chi connectivity index (χ0) is 20.3. The number of benzene rings is 3.